The summed E-state index contributed by atoms with van der Waals surface area (Å²) >= 11 is 12.2. The van der Waals surface area contributed by atoms with Crippen LogP contribution in [-0.4, -0.2) is 32.5 Å². The second-order valence-electron chi connectivity index (χ2n) is 6.35. The number of phenols is 2. The minimum absolute atomic E-state index is 0.0194. The van der Waals surface area contributed by atoms with E-state index in [4.69, 9.17) is 28.5 Å². The number of pyridine rings is 1. The van der Waals surface area contributed by atoms with Gasteiger partial charge in [0.25, 0.3) is 0 Å². The van der Waals surface area contributed by atoms with Gasteiger partial charge in [0.05, 0.1) is 15.6 Å². The predicted octanol–water partition coefficient (Wildman–Crippen LogP) is 3.58. The summed E-state index contributed by atoms with van der Waals surface area (Å²) in [6.45, 7) is 0.719. The van der Waals surface area contributed by atoms with E-state index in [1.54, 1.807) is 17.0 Å². The van der Waals surface area contributed by atoms with Crippen molar-refractivity contribution in [3.05, 3.63) is 50.8 Å². The van der Waals surface area contributed by atoms with Crippen molar-refractivity contribution in [1.29, 1.82) is 5.26 Å². The SMILES string of the molecule is N#Cc1ccc(CCCC(=O)N2CCc3c(Cl)c(O)c(O)c(Cl)c3C2)nc1. The summed E-state index contributed by atoms with van der Waals surface area (Å²) < 4.78 is 0. The number of amides is 1. The third-order valence-electron chi connectivity index (χ3n) is 4.65. The van der Waals surface area contributed by atoms with Gasteiger partial charge in [0, 0.05) is 31.4 Å². The standard InChI is InChI=1S/C19H17Cl2N3O3/c20-16-13-6-7-24(10-14(13)17(21)19(27)18(16)26)15(25)3-1-2-12-5-4-11(8-22)9-23-12/h4-5,9,26-27H,1-3,6-7,10H2. The van der Waals surface area contributed by atoms with Crippen LogP contribution < -0.4 is 0 Å². The highest BCUT2D eigenvalue weighted by molar-refractivity contribution is 6.36. The van der Waals surface area contributed by atoms with Gasteiger partial charge in [-0.2, -0.15) is 5.26 Å². The van der Waals surface area contributed by atoms with E-state index >= 15 is 0 Å². The molecule has 1 amide bonds. The Balaban J connectivity index is 1.61. The summed E-state index contributed by atoms with van der Waals surface area (Å²) in [5.74, 6) is -0.897. The number of halogens is 2. The summed E-state index contributed by atoms with van der Waals surface area (Å²) in [5.41, 5.74) is 2.58. The van der Waals surface area contributed by atoms with Crippen molar-refractivity contribution < 1.29 is 15.0 Å². The second kappa shape index (κ2) is 8.03. The molecule has 2 aromatic rings. The van der Waals surface area contributed by atoms with Gasteiger partial charge in [-0.1, -0.05) is 23.2 Å². The molecule has 2 N–H and O–H groups in total. The van der Waals surface area contributed by atoms with Gasteiger partial charge < -0.3 is 15.1 Å². The highest BCUT2D eigenvalue weighted by Gasteiger charge is 2.28. The maximum atomic E-state index is 12.5. The molecule has 0 atom stereocenters. The Morgan fingerprint density at radius 3 is 2.56 bits per heavy atom. The lowest BCUT2D eigenvalue weighted by atomic mass is 9.98. The zero-order valence-electron chi connectivity index (χ0n) is 14.4. The van der Waals surface area contributed by atoms with Gasteiger partial charge in [0.2, 0.25) is 5.91 Å². The van der Waals surface area contributed by atoms with Crippen LogP contribution in [0.4, 0.5) is 0 Å². The molecule has 1 aromatic heterocycles. The van der Waals surface area contributed by atoms with E-state index in [1.807, 2.05) is 6.07 Å². The van der Waals surface area contributed by atoms with Crippen molar-refractivity contribution in [2.24, 2.45) is 0 Å². The van der Waals surface area contributed by atoms with Crippen molar-refractivity contribution in [2.45, 2.75) is 32.2 Å². The normalized spacial score (nSPS) is 13.1. The van der Waals surface area contributed by atoms with Gasteiger partial charge in [-0.3, -0.25) is 9.78 Å². The molecule has 0 bridgehead atoms. The number of aromatic nitrogens is 1. The number of rotatable bonds is 4. The molecule has 0 saturated heterocycles. The first-order chi connectivity index (χ1) is 12.9. The van der Waals surface area contributed by atoms with Crippen LogP contribution in [0.5, 0.6) is 11.5 Å². The minimum atomic E-state index is -0.457. The number of carbonyl (C=O) groups is 1. The molecule has 2 heterocycles. The monoisotopic (exact) mass is 405 g/mol. The average molecular weight is 406 g/mol. The predicted molar refractivity (Wildman–Crippen MR) is 101 cm³/mol. The maximum Gasteiger partial charge on any atom is 0.222 e. The quantitative estimate of drug-likeness (QED) is 0.757. The number of nitrogens with zero attached hydrogens (tertiary/aromatic N) is 3. The van der Waals surface area contributed by atoms with Crippen LogP contribution in [-0.2, 0) is 24.2 Å². The lowest BCUT2D eigenvalue weighted by Gasteiger charge is -2.30. The van der Waals surface area contributed by atoms with E-state index in [0.717, 1.165) is 5.69 Å². The van der Waals surface area contributed by atoms with Crippen molar-refractivity contribution in [3.8, 4) is 17.6 Å². The van der Waals surface area contributed by atoms with Crippen LogP contribution in [0.25, 0.3) is 0 Å². The van der Waals surface area contributed by atoms with Gasteiger partial charge in [-0.05, 0) is 42.5 Å². The van der Waals surface area contributed by atoms with Crippen LogP contribution in [0, 0.1) is 11.3 Å². The Hall–Kier alpha value is -2.49. The lowest BCUT2D eigenvalue weighted by Crippen LogP contribution is -2.36. The number of benzene rings is 1. The molecule has 0 spiro atoms. The fourth-order valence-electron chi connectivity index (χ4n) is 3.13. The summed E-state index contributed by atoms with van der Waals surface area (Å²) in [6.07, 6.45) is 3.61. The first-order valence-corrected chi connectivity index (χ1v) is 9.21. The Kier molecular flexibility index (Phi) is 5.73. The molecule has 0 radical (unpaired) electrons. The van der Waals surface area contributed by atoms with Gasteiger partial charge in [-0.25, -0.2) is 0 Å². The number of fused-ring (bicyclic) bond motifs is 1. The molecule has 27 heavy (non-hydrogen) atoms. The van der Waals surface area contributed by atoms with E-state index < -0.39 is 11.5 Å². The molecule has 0 fully saturated rings. The summed E-state index contributed by atoms with van der Waals surface area (Å²) in [6, 6.07) is 5.52. The highest BCUT2D eigenvalue weighted by Crippen LogP contribution is 2.46. The number of carbonyl (C=O) groups excluding carboxylic acids is 1. The Morgan fingerprint density at radius 2 is 1.93 bits per heavy atom. The van der Waals surface area contributed by atoms with E-state index in [2.05, 4.69) is 4.98 Å². The Labute approximate surface area is 166 Å². The lowest BCUT2D eigenvalue weighted by molar-refractivity contribution is -0.132. The van der Waals surface area contributed by atoms with Crippen LogP contribution in [0.15, 0.2) is 18.3 Å². The number of hydrogen-bond acceptors (Lipinski definition) is 5. The van der Waals surface area contributed by atoms with E-state index in [0.29, 0.717) is 48.9 Å². The largest absolute Gasteiger partial charge is 0.503 e. The zero-order chi connectivity index (χ0) is 19.6. The first kappa shape index (κ1) is 19.3. The van der Waals surface area contributed by atoms with Crippen molar-refractivity contribution in [1.82, 2.24) is 9.88 Å². The number of aryl methyl sites for hydroxylation is 1. The fourth-order valence-corrected chi connectivity index (χ4v) is 3.69. The molecule has 1 aromatic carbocycles. The molecular formula is C19H17Cl2N3O3. The Bertz CT molecular complexity index is 924. The smallest absolute Gasteiger partial charge is 0.222 e. The minimum Gasteiger partial charge on any atom is -0.503 e. The fraction of sp³-hybridized carbons (Fsp3) is 0.316. The van der Waals surface area contributed by atoms with Crippen LogP contribution in [0.3, 0.4) is 0 Å². The topological polar surface area (TPSA) is 97.5 Å². The van der Waals surface area contributed by atoms with E-state index in [-0.39, 0.29) is 22.5 Å². The van der Waals surface area contributed by atoms with Crippen LogP contribution in [0.2, 0.25) is 10.0 Å². The maximum absolute atomic E-state index is 12.5. The van der Waals surface area contributed by atoms with Gasteiger partial charge in [-0.15, -0.1) is 0 Å². The molecule has 0 saturated carbocycles. The van der Waals surface area contributed by atoms with Gasteiger partial charge >= 0.3 is 0 Å². The number of hydrogen-bond donors (Lipinski definition) is 2. The van der Waals surface area contributed by atoms with E-state index in [9.17, 15) is 15.0 Å². The highest BCUT2D eigenvalue weighted by atomic mass is 35.5. The number of aromatic hydroxyl groups is 2. The molecule has 1 aliphatic heterocycles. The van der Waals surface area contributed by atoms with Gasteiger partial charge in [0.15, 0.2) is 11.5 Å². The summed E-state index contributed by atoms with van der Waals surface area (Å²) in [5, 5.41) is 28.6. The third kappa shape index (κ3) is 3.95. The molecule has 1 aliphatic rings. The molecular weight excluding hydrogens is 389 g/mol. The summed E-state index contributed by atoms with van der Waals surface area (Å²) in [7, 11) is 0. The molecule has 8 heteroatoms. The van der Waals surface area contributed by atoms with Crippen LogP contribution >= 0.6 is 23.2 Å². The first-order valence-electron chi connectivity index (χ1n) is 8.45. The van der Waals surface area contributed by atoms with E-state index in [1.165, 1.54) is 6.20 Å². The zero-order valence-corrected chi connectivity index (χ0v) is 15.9. The third-order valence-corrected chi connectivity index (χ3v) is 5.46. The second-order valence-corrected chi connectivity index (χ2v) is 7.11. The van der Waals surface area contributed by atoms with Crippen molar-refractivity contribution >= 4 is 29.1 Å². The number of nitriles is 1. The molecule has 140 valence electrons. The molecule has 6 nitrogen and oxygen atoms in total. The molecule has 3 rings (SSSR count). The Morgan fingerprint density at radius 1 is 1.22 bits per heavy atom. The average Bonchev–Trinajstić information content (AvgIpc) is 2.70. The molecule has 0 unspecified atom stereocenters. The number of phenolic OH excluding ortho intramolecular Hbond substituents is 2. The van der Waals surface area contributed by atoms with Crippen molar-refractivity contribution in [2.75, 3.05) is 6.54 Å². The van der Waals surface area contributed by atoms with Gasteiger partial charge in [0.1, 0.15) is 6.07 Å². The summed E-state index contributed by atoms with van der Waals surface area (Å²) in [4.78, 5) is 18.4. The molecule has 0 aliphatic carbocycles. The van der Waals surface area contributed by atoms with Crippen molar-refractivity contribution in [3.63, 3.8) is 0 Å². The van der Waals surface area contributed by atoms with Crippen LogP contribution in [0.1, 0.15) is 35.2 Å².